The fraction of sp³-hybridized carbons (Fsp3) is 0.278. The topological polar surface area (TPSA) is 33.6 Å². The molecule has 3 heterocycles. The van der Waals surface area contributed by atoms with E-state index in [2.05, 4.69) is 79.1 Å². The van der Waals surface area contributed by atoms with E-state index in [1.165, 1.54) is 16.6 Å². The van der Waals surface area contributed by atoms with Crippen LogP contribution in [-0.2, 0) is 4.74 Å². The molecule has 0 aliphatic carbocycles. The van der Waals surface area contributed by atoms with Gasteiger partial charge in [0.1, 0.15) is 6.10 Å². The second-order valence-corrected chi connectivity index (χ2v) is 7.08. The number of hydrogen-bond acceptors (Lipinski definition) is 3. The molecule has 0 radical (unpaired) electrons. The molecule has 2 saturated heterocycles. The molecule has 0 N–H and O–H groups in total. The molecular formula is C18H16BrN3O. The van der Waals surface area contributed by atoms with E-state index in [0.29, 0.717) is 6.04 Å². The molecule has 2 aromatic carbocycles. The van der Waals surface area contributed by atoms with Crippen LogP contribution < -0.4 is 4.90 Å². The van der Waals surface area contributed by atoms with Crippen LogP contribution in [0.3, 0.4) is 0 Å². The summed E-state index contributed by atoms with van der Waals surface area (Å²) < 4.78 is 9.27. The number of aromatic nitrogens is 2. The molecule has 0 amide bonds. The highest BCUT2D eigenvalue weighted by Crippen LogP contribution is 2.44. The third-order valence-electron chi connectivity index (χ3n) is 4.83. The summed E-state index contributed by atoms with van der Waals surface area (Å²) in [5.41, 5.74) is 2.42. The number of benzene rings is 2. The molecule has 4 nitrogen and oxygen atoms in total. The van der Waals surface area contributed by atoms with E-state index < -0.39 is 0 Å². The van der Waals surface area contributed by atoms with E-state index >= 15 is 0 Å². The summed E-state index contributed by atoms with van der Waals surface area (Å²) >= 11 is 3.49. The normalized spacial score (nSPS) is 26.3. The van der Waals surface area contributed by atoms with Crippen molar-refractivity contribution in [3.63, 3.8) is 0 Å². The highest BCUT2D eigenvalue weighted by atomic mass is 79.9. The Bertz CT molecular complexity index is 860. The van der Waals surface area contributed by atoms with Gasteiger partial charge < -0.3 is 9.64 Å². The summed E-state index contributed by atoms with van der Waals surface area (Å²) in [6.07, 6.45) is 3.41. The van der Waals surface area contributed by atoms with Crippen LogP contribution in [-0.4, -0.2) is 28.7 Å². The van der Waals surface area contributed by atoms with E-state index in [1.807, 2.05) is 6.20 Å². The second kappa shape index (κ2) is 5.08. The van der Waals surface area contributed by atoms with Crippen molar-refractivity contribution < 1.29 is 4.74 Å². The van der Waals surface area contributed by atoms with Crippen molar-refractivity contribution in [3.05, 3.63) is 59.2 Å². The van der Waals surface area contributed by atoms with E-state index in [4.69, 9.17) is 4.74 Å². The third kappa shape index (κ3) is 2.18. The quantitative estimate of drug-likeness (QED) is 0.640. The lowest BCUT2D eigenvalue weighted by molar-refractivity contribution is 0.312. The molecular weight excluding hydrogens is 354 g/mol. The number of piperidine rings is 1. The number of epoxide rings is 1. The monoisotopic (exact) mass is 369 g/mol. The number of ether oxygens (including phenoxy) is 1. The zero-order valence-electron chi connectivity index (χ0n) is 12.5. The van der Waals surface area contributed by atoms with Gasteiger partial charge in [0, 0.05) is 22.1 Å². The summed E-state index contributed by atoms with van der Waals surface area (Å²) in [6, 6.07) is 17.2. The Morgan fingerprint density at radius 1 is 1.09 bits per heavy atom. The molecule has 3 aromatic rings. The van der Waals surface area contributed by atoms with Crippen LogP contribution in [0.4, 0.5) is 5.69 Å². The molecule has 0 spiro atoms. The maximum Gasteiger partial charge on any atom is 0.159 e. The molecule has 116 valence electrons. The minimum Gasteiger partial charge on any atom is -0.345 e. The maximum absolute atomic E-state index is 6.01. The highest BCUT2D eigenvalue weighted by Gasteiger charge is 2.53. The van der Waals surface area contributed by atoms with Gasteiger partial charge in [0.05, 0.1) is 17.8 Å². The van der Waals surface area contributed by atoms with E-state index in [0.717, 1.165) is 17.4 Å². The van der Waals surface area contributed by atoms with Gasteiger partial charge in [-0.3, -0.25) is 4.68 Å². The lowest BCUT2D eigenvalue weighted by Crippen LogP contribution is -2.38. The molecule has 1 aromatic heterocycles. The zero-order valence-corrected chi connectivity index (χ0v) is 14.1. The largest absolute Gasteiger partial charge is 0.345 e. The summed E-state index contributed by atoms with van der Waals surface area (Å²) in [4.78, 5) is 2.36. The van der Waals surface area contributed by atoms with Gasteiger partial charge in [-0.1, -0.05) is 34.1 Å². The maximum atomic E-state index is 6.01. The lowest BCUT2D eigenvalue weighted by Gasteiger charge is -2.30. The summed E-state index contributed by atoms with van der Waals surface area (Å²) in [5.74, 6) is 0. The Labute approximate surface area is 142 Å². The molecule has 2 aliphatic heterocycles. The van der Waals surface area contributed by atoms with E-state index in [9.17, 15) is 0 Å². The van der Waals surface area contributed by atoms with Crippen molar-refractivity contribution in [2.24, 2.45) is 0 Å². The van der Waals surface area contributed by atoms with Gasteiger partial charge in [-0.15, -0.1) is 0 Å². The summed E-state index contributed by atoms with van der Waals surface area (Å²) in [7, 11) is 0. The lowest BCUT2D eigenvalue weighted by atomic mass is 10.0. The van der Waals surface area contributed by atoms with Crippen molar-refractivity contribution in [1.82, 2.24) is 9.78 Å². The first kappa shape index (κ1) is 13.6. The third-order valence-corrected chi connectivity index (χ3v) is 5.36. The van der Waals surface area contributed by atoms with Gasteiger partial charge in [0.25, 0.3) is 0 Å². The van der Waals surface area contributed by atoms with Crippen LogP contribution in [0.1, 0.15) is 12.5 Å². The number of rotatable bonds is 2. The van der Waals surface area contributed by atoms with Crippen LogP contribution in [0, 0.1) is 0 Å². The number of halogens is 1. The molecule has 0 saturated carbocycles. The van der Waals surface area contributed by atoms with Crippen molar-refractivity contribution in [3.8, 4) is 0 Å². The predicted octanol–water partition coefficient (Wildman–Crippen LogP) is 3.98. The first-order valence-corrected chi connectivity index (χ1v) is 8.70. The van der Waals surface area contributed by atoms with Crippen molar-refractivity contribution >= 4 is 32.5 Å². The van der Waals surface area contributed by atoms with Crippen molar-refractivity contribution in [2.45, 2.75) is 24.8 Å². The molecule has 5 heteroatoms. The number of hydrogen-bond donors (Lipinski definition) is 0. The standard InChI is InChI=1S/C18H16BrN3O/c19-13-5-7-14(8-6-13)21-10-9-16(17-18(21)23-17)22-15-4-2-1-3-12(15)11-20-22/h1-8,11,16-18H,9-10H2. The first-order valence-electron chi connectivity index (χ1n) is 7.91. The summed E-state index contributed by atoms with van der Waals surface area (Å²) in [5, 5.41) is 5.81. The first-order chi connectivity index (χ1) is 11.3. The number of para-hydroxylation sites is 1. The Kier molecular flexibility index (Phi) is 3.00. The molecule has 2 aliphatic rings. The van der Waals surface area contributed by atoms with Crippen LogP contribution in [0.25, 0.3) is 10.9 Å². The van der Waals surface area contributed by atoms with Crippen molar-refractivity contribution in [1.29, 1.82) is 0 Å². The van der Waals surface area contributed by atoms with Crippen molar-refractivity contribution in [2.75, 3.05) is 11.4 Å². The average Bonchev–Trinajstić information content (AvgIpc) is 3.28. The van der Waals surface area contributed by atoms with Gasteiger partial charge in [0.2, 0.25) is 0 Å². The fourth-order valence-corrected chi connectivity index (χ4v) is 3.90. The van der Waals surface area contributed by atoms with Gasteiger partial charge in [-0.25, -0.2) is 0 Å². The van der Waals surface area contributed by atoms with Gasteiger partial charge in [-0.2, -0.15) is 5.10 Å². The van der Waals surface area contributed by atoms with E-state index in [1.54, 1.807) is 0 Å². The minimum absolute atomic E-state index is 0.179. The van der Waals surface area contributed by atoms with Gasteiger partial charge in [-0.05, 0) is 36.8 Å². The molecule has 0 bridgehead atoms. The molecule has 5 rings (SSSR count). The minimum atomic E-state index is 0.179. The smallest absolute Gasteiger partial charge is 0.159 e. The number of anilines is 1. The van der Waals surface area contributed by atoms with Crippen LogP contribution in [0.15, 0.2) is 59.2 Å². The van der Waals surface area contributed by atoms with Crippen LogP contribution in [0.2, 0.25) is 0 Å². The van der Waals surface area contributed by atoms with Crippen LogP contribution in [0.5, 0.6) is 0 Å². The SMILES string of the molecule is Brc1ccc(N2CCC(n3ncc4ccccc43)C3OC32)cc1. The molecule has 3 atom stereocenters. The Morgan fingerprint density at radius 3 is 2.78 bits per heavy atom. The number of nitrogens with zero attached hydrogens (tertiary/aromatic N) is 3. The molecule has 2 fully saturated rings. The Hall–Kier alpha value is -1.85. The van der Waals surface area contributed by atoms with Gasteiger partial charge >= 0.3 is 0 Å². The number of fused-ring (bicyclic) bond motifs is 2. The fourth-order valence-electron chi connectivity index (χ4n) is 3.64. The van der Waals surface area contributed by atoms with Crippen LogP contribution >= 0.6 is 15.9 Å². The second-order valence-electron chi connectivity index (χ2n) is 6.17. The van der Waals surface area contributed by atoms with E-state index in [-0.39, 0.29) is 12.3 Å². The molecule has 3 unspecified atom stereocenters. The van der Waals surface area contributed by atoms with Gasteiger partial charge in [0.15, 0.2) is 6.23 Å². The highest BCUT2D eigenvalue weighted by molar-refractivity contribution is 9.10. The average molecular weight is 370 g/mol. The molecule has 23 heavy (non-hydrogen) atoms. The Balaban J connectivity index is 1.42. The zero-order chi connectivity index (χ0) is 15.4. The Morgan fingerprint density at radius 2 is 1.91 bits per heavy atom. The predicted molar refractivity (Wildman–Crippen MR) is 93.5 cm³/mol. The summed E-state index contributed by atoms with van der Waals surface area (Å²) in [6.45, 7) is 0.988.